The summed E-state index contributed by atoms with van der Waals surface area (Å²) >= 11 is 0. The van der Waals surface area contributed by atoms with Gasteiger partial charge in [-0.15, -0.1) is 0 Å². The topological polar surface area (TPSA) is 77.8 Å². The van der Waals surface area contributed by atoms with Crippen LogP contribution in [0.5, 0.6) is 0 Å². The van der Waals surface area contributed by atoms with Crippen LogP contribution in [0.4, 0.5) is 0 Å². The van der Waals surface area contributed by atoms with E-state index in [0.717, 1.165) is 30.7 Å². The summed E-state index contributed by atoms with van der Waals surface area (Å²) in [6, 6.07) is 14.0. The van der Waals surface area contributed by atoms with Crippen LogP contribution in [0.15, 0.2) is 42.5 Å². The van der Waals surface area contributed by atoms with Crippen molar-refractivity contribution in [1.29, 1.82) is 0 Å². The molecule has 0 aliphatic carbocycles. The van der Waals surface area contributed by atoms with Gasteiger partial charge in [-0.1, -0.05) is 30.3 Å². The third kappa shape index (κ3) is 4.12. The van der Waals surface area contributed by atoms with E-state index in [-0.39, 0.29) is 6.04 Å². The van der Waals surface area contributed by atoms with Gasteiger partial charge < -0.3 is 11.5 Å². The first kappa shape index (κ1) is 13.6. The molecule has 0 aliphatic rings. The highest BCUT2D eigenvalue weighted by molar-refractivity contribution is 5.19. The highest BCUT2D eigenvalue weighted by Crippen LogP contribution is 2.13. The van der Waals surface area contributed by atoms with E-state index in [4.69, 9.17) is 11.5 Å². The van der Waals surface area contributed by atoms with Crippen LogP contribution in [0.1, 0.15) is 29.4 Å². The summed E-state index contributed by atoms with van der Waals surface area (Å²) in [6.45, 7) is 0.678. The van der Waals surface area contributed by atoms with Crippen molar-refractivity contribution in [1.82, 2.24) is 10.2 Å². The summed E-state index contributed by atoms with van der Waals surface area (Å²) in [4.78, 5) is 0. The fourth-order valence-corrected chi connectivity index (χ4v) is 1.96. The highest BCUT2D eigenvalue weighted by Gasteiger charge is 2.09. The second-order valence-corrected chi connectivity index (χ2v) is 4.64. The zero-order valence-corrected chi connectivity index (χ0v) is 11.0. The lowest BCUT2D eigenvalue weighted by atomic mass is 10.0. The van der Waals surface area contributed by atoms with Crippen molar-refractivity contribution in [3.05, 3.63) is 59.4 Å². The fraction of sp³-hybridized carbons (Fsp3) is 0.333. The van der Waals surface area contributed by atoms with Crippen molar-refractivity contribution in [2.45, 2.75) is 25.3 Å². The lowest BCUT2D eigenvalue weighted by Crippen LogP contribution is -2.16. The largest absolute Gasteiger partial charge is 0.330 e. The van der Waals surface area contributed by atoms with Gasteiger partial charge in [0, 0.05) is 0 Å². The molecular formula is C15H20N4. The monoisotopic (exact) mass is 256 g/mol. The predicted octanol–water partition coefficient (Wildman–Crippen LogP) is 1.61. The smallest absolute Gasteiger partial charge is 0.0801 e. The Morgan fingerprint density at radius 3 is 2.42 bits per heavy atom. The van der Waals surface area contributed by atoms with Crippen LogP contribution >= 0.6 is 0 Å². The summed E-state index contributed by atoms with van der Waals surface area (Å²) in [5, 5.41) is 8.41. The molecule has 2 aromatic rings. The van der Waals surface area contributed by atoms with Crippen LogP contribution < -0.4 is 11.5 Å². The average molecular weight is 256 g/mol. The first-order valence-electron chi connectivity index (χ1n) is 6.61. The molecule has 0 aliphatic heterocycles. The molecule has 1 unspecified atom stereocenters. The number of nitrogens with zero attached hydrogens (tertiary/aromatic N) is 2. The molecular weight excluding hydrogens is 236 g/mol. The molecule has 0 radical (unpaired) electrons. The Morgan fingerprint density at radius 1 is 1.00 bits per heavy atom. The van der Waals surface area contributed by atoms with E-state index in [0.29, 0.717) is 6.54 Å². The van der Waals surface area contributed by atoms with Gasteiger partial charge in [0.1, 0.15) is 0 Å². The molecule has 1 heterocycles. The Labute approximate surface area is 113 Å². The molecule has 1 atom stereocenters. The van der Waals surface area contributed by atoms with E-state index in [1.165, 1.54) is 5.56 Å². The molecule has 4 heteroatoms. The van der Waals surface area contributed by atoms with Crippen molar-refractivity contribution in [3.8, 4) is 0 Å². The molecule has 0 saturated heterocycles. The summed E-state index contributed by atoms with van der Waals surface area (Å²) in [6.07, 6.45) is 2.58. The van der Waals surface area contributed by atoms with Gasteiger partial charge in [-0.2, -0.15) is 10.2 Å². The van der Waals surface area contributed by atoms with Crippen LogP contribution in [0, 0.1) is 0 Å². The summed E-state index contributed by atoms with van der Waals surface area (Å²) in [7, 11) is 0. The van der Waals surface area contributed by atoms with Crippen molar-refractivity contribution in [2.75, 3.05) is 6.54 Å². The first-order valence-corrected chi connectivity index (χ1v) is 6.61. The van der Waals surface area contributed by atoms with Gasteiger partial charge in [-0.05, 0) is 43.5 Å². The van der Waals surface area contributed by atoms with Gasteiger partial charge in [0.15, 0.2) is 0 Å². The Morgan fingerprint density at radius 2 is 1.79 bits per heavy atom. The van der Waals surface area contributed by atoms with Crippen molar-refractivity contribution in [2.24, 2.45) is 11.5 Å². The van der Waals surface area contributed by atoms with Gasteiger partial charge in [0.05, 0.1) is 17.4 Å². The molecule has 4 nitrogen and oxygen atoms in total. The molecule has 1 aromatic carbocycles. The second-order valence-electron chi connectivity index (χ2n) is 4.64. The third-order valence-corrected chi connectivity index (χ3v) is 3.06. The van der Waals surface area contributed by atoms with E-state index in [2.05, 4.69) is 22.3 Å². The summed E-state index contributed by atoms with van der Waals surface area (Å²) in [5.41, 5.74) is 14.6. The fourth-order valence-electron chi connectivity index (χ4n) is 1.96. The lowest BCUT2D eigenvalue weighted by Gasteiger charge is -2.10. The van der Waals surface area contributed by atoms with Gasteiger partial charge >= 0.3 is 0 Å². The maximum absolute atomic E-state index is 6.15. The maximum Gasteiger partial charge on any atom is 0.0801 e. The van der Waals surface area contributed by atoms with Crippen molar-refractivity contribution >= 4 is 0 Å². The molecule has 0 bridgehead atoms. The number of hydrogen-bond donors (Lipinski definition) is 2. The lowest BCUT2D eigenvalue weighted by molar-refractivity contribution is 0.669. The van der Waals surface area contributed by atoms with Crippen LogP contribution in [0.25, 0.3) is 0 Å². The number of hydrogen-bond acceptors (Lipinski definition) is 4. The van der Waals surface area contributed by atoms with E-state index in [1.807, 2.05) is 30.3 Å². The van der Waals surface area contributed by atoms with Crippen LogP contribution in [-0.2, 0) is 12.8 Å². The number of aryl methyl sites for hydroxylation is 1. The zero-order chi connectivity index (χ0) is 13.5. The highest BCUT2D eigenvalue weighted by atomic mass is 15.1. The molecule has 0 amide bonds. The van der Waals surface area contributed by atoms with Crippen LogP contribution in [0.2, 0.25) is 0 Å². The van der Waals surface area contributed by atoms with Gasteiger partial charge in [-0.25, -0.2) is 0 Å². The van der Waals surface area contributed by atoms with Crippen LogP contribution in [-0.4, -0.2) is 16.7 Å². The SMILES string of the molecule is NCCCc1ccc(C(N)Cc2ccccc2)nn1. The number of rotatable bonds is 6. The molecule has 2 rings (SSSR count). The minimum Gasteiger partial charge on any atom is -0.330 e. The van der Waals surface area contributed by atoms with Crippen molar-refractivity contribution in [3.63, 3.8) is 0 Å². The van der Waals surface area contributed by atoms with Crippen molar-refractivity contribution < 1.29 is 0 Å². The van der Waals surface area contributed by atoms with E-state index in [1.54, 1.807) is 0 Å². The normalized spacial score (nSPS) is 12.3. The number of aromatic nitrogens is 2. The summed E-state index contributed by atoms with van der Waals surface area (Å²) < 4.78 is 0. The Bertz CT molecular complexity index is 481. The summed E-state index contributed by atoms with van der Waals surface area (Å²) in [5.74, 6) is 0. The van der Waals surface area contributed by atoms with Gasteiger partial charge in [-0.3, -0.25) is 0 Å². The van der Waals surface area contributed by atoms with Gasteiger partial charge in [0.25, 0.3) is 0 Å². The maximum atomic E-state index is 6.15. The Balaban J connectivity index is 1.97. The number of nitrogens with two attached hydrogens (primary N) is 2. The minimum atomic E-state index is -0.113. The quantitative estimate of drug-likeness (QED) is 0.823. The second kappa shape index (κ2) is 6.97. The van der Waals surface area contributed by atoms with Gasteiger partial charge in [0.2, 0.25) is 0 Å². The zero-order valence-electron chi connectivity index (χ0n) is 11.0. The van der Waals surface area contributed by atoms with Crippen LogP contribution in [0.3, 0.4) is 0 Å². The van der Waals surface area contributed by atoms with E-state index < -0.39 is 0 Å². The standard InChI is InChI=1S/C15H20N4/c16-10-4-7-13-8-9-15(19-18-13)14(17)11-12-5-2-1-3-6-12/h1-3,5-6,8-9,14H,4,7,10-11,16-17H2. The minimum absolute atomic E-state index is 0.113. The third-order valence-electron chi connectivity index (χ3n) is 3.06. The molecule has 4 N–H and O–H groups in total. The molecule has 1 aromatic heterocycles. The number of benzene rings is 1. The molecule has 0 saturated carbocycles. The molecule has 19 heavy (non-hydrogen) atoms. The Kier molecular flexibility index (Phi) is 5.01. The first-order chi connectivity index (χ1) is 9.29. The average Bonchev–Trinajstić information content (AvgIpc) is 2.46. The predicted molar refractivity (Wildman–Crippen MR) is 76.5 cm³/mol. The Hall–Kier alpha value is -1.78. The molecule has 0 fully saturated rings. The van der Waals surface area contributed by atoms with E-state index in [9.17, 15) is 0 Å². The molecule has 100 valence electrons. The van der Waals surface area contributed by atoms with E-state index >= 15 is 0 Å². The molecule has 0 spiro atoms.